The minimum atomic E-state index is 0.853. The average molecular weight is 493 g/mol. The Labute approximate surface area is 179 Å². The molecule has 0 unspecified atom stereocenters. The summed E-state index contributed by atoms with van der Waals surface area (Å²) >= 11 is 6.02. The quantitative estimate of drug-likeness (QED) is 0.175. The fourth-order valence-electron chi connectivity index (χ4n) is 3.02. The molecule has 2 aromatic carbocycles. The van der Waals surface area contributed by atoms with Gasteiger partial charge in [0.15, 0.2) is 0 Å². The first-order valence-electron chi connectivity index (χ1n) is 9.15. The van der Waals surface area contributed by atoms with Gasteiger partial charge in [0.25, 0.3) is 0 Å². The van der Waals surface area contributed by atoms with E-state index in [1.807, 2.05) is 30.0 Å². The predicted octanol–water partition coefficient (Wildman–Crippen LogP) is 7.94. The molecule has 0 aliphatic heterocycles. The SMILES string of the molecule is Ic1cccc(SC=CC(=Nc2ccccc2)SCC2CCCCC2)c1. The van der Waals surface area contributed by atoms with E-state index < -0.39 is 0 Å². The highest BCUT2D eigenvalue weighted by atomic mass is 127. The Kier molecular flexibility index (Phi) is 8.62. The fourth-order valence-corrected chi connectivity index (χ4v) is 5.64. The zero-order valence-corrected chi connectivity index (χ0v) is 18.6. The summed E-state index contributed by atoms with van der Waals surface area (Å²) in [5, 5.41) is 3.28. The summed E-state index contributed by atoms with van der Waals surface area (Å²) in [6, 6.07) is 18.9. The zero-order chi connectivity index (χ0) is 18.0. The molecule has 1 aliphatic carbocycles. The van der Waals surface area contributed by atoms with Gasteiger partial charge in [-0.3, -0.25) is 0 Å². The Bertz CT molecular complexity index is 737. The first kappa shape index (κ1) is 20.0. The maximum atomic E-state index is 4.87. The maximum absolute atomic E-state index is 4.87. The van der Waals surface area contributed by atoms with E-state index in [1.54, 1.807) is 11.8 Å². The molecule has 0 spiro atoms. The Morgan fingerprint density at radius 1 is 1.04 bits per heavy atom. The van der Waals surface area contributed by atoms with E-state index in [1.165, 1.54) is 46.3 Å². The molecule has 1 saturated carbocycles. The molecule has 1 fully saturated rings. The monoisotopic (exact) mass is 493 g/mol. The van der Waals surface area contributed by atoms with Crippen LogP contribution in [0.4, 0.5) is 5.69 Å². The van der Waals surface area contributed by atoms with E-state index in [0.29, 0.717) is 0 Å². The lowest BCUT2D eigenvalue weighted by atomic mass is 9.91. The fraction of sp³-hybridized carbons (Fsp3) is 0.318. The molecule has 1 aliphatic rings. The van der Waals surface area contributed by atoms with Crippen molar-refractivity contribution in [2.24, 2.45) is 10.9 Å². The number of nitrogens with zero attached hydrogens (tertiary/aromatic N) is 1. The third-order valence-corrected chi connectivity index (χ3v) is 7.03. The van der Waals surface area contributed by atoms with Crippen LogP contribution >= 0.6 is 46.1 Å². The molecule has 0 atom stereocenters. The van der Waals surface area contributed by atoms with Crippen LogP contribution in [-0.4, -0.2) is 10.8 Å². The molecule has 2 aromatic rings. The summed E-state index contributed by atoms with van der Waals surface area (Å²) in [4.78, 5) is 6.14. The van der Waals surface area contributed by atoms with Crippen LogP contribution in [0.3, 0.4) is 0 Å². The standard InChI is InChI=1S/C22H24INS2/c23-19-10-7-13-21(16-19)25-15-14-22(24-20-11-5-2-6-12-20)26-17-18-8-3-1-4-9-18/h2,5-7,10-16,18H,1,3-4,8-9,17H2. The van der Waals surface area contributed by atoms with Gasteiger partial charge in [0, 0.05) is 14.2 Å². The molecule has 0 N–H and O–H groups in total. The highest BCUT2D eigenvalue weighted by Gasteiger charge is 2.14. The lowest BCUT2D eigenvalue weighted by molar-refractivity contribution is 0.391. The van der Waals surface area contributed by atoms with Crippen molar-refractivity contribution in [3.8, 4) is 0 Å². The van der Waals surface area contributed by atoms with E-state index in [2.05, 4.69) is 70.5 Å². The van der Waals surface area contributed by atoms with Gasteiger partial charge in [0.1, 0.15) is 0 Å². The maximum Gasteiger partial charge on any atom is 0.0972 e. The van der Waals surface area contributed by atoms with Crippen LogP contribution in [0, 0.1) is 9.49 Å². The topological polar surface area (TPSA) is 12.4 Å². The minimum Gasteiger partial charge on any atom is -0.242 e. The van der Waals surface area contributed by atoms with Crippen molar-refractivity contribution in [1.29, 1.82) is 0 Å². The molecule has 0 heterocycles. The van der Waals surface area contributed by atoms with Crippen LogP contribution in [0.1, 0.15) is 32.1 Å². The van der Waals surface area contributed by atoms with Crippen LogP contribution in [-0.2, 0) is 0 Å². The summed E-state index contributed by atoms with van der Waals surface area (Å²) in [5.74, 6) is 2.04. The Morgan fingerprint density at radius 2 is 1.85 bits per heavy atom. The van der Waals surface area contributed by atoms with Crippen LogP contribution in [0.2, 0.25) is 0 Å². The van der Waals surface area contributed by atoms with Gasteiger partial charge in [0.2, 0.25) is 0 Å². The zero-order valence-electron chi connectivity index (χ0n) is 14.8. The number of hydrogen-bond acceptors (Lipinski definition) is 3. The highest BCUT2D eigenvalue weighted by molar-refractivity contribution is 14.1. The van der Waals surface area contributed by atoms with Gasteiger partial charge in [-0.05, 0) is 83.2 Å². The van der Waals surface area contributed by atoms with Crippen molar-refractivity contribution in [2.75, 3.05) is 5.75 Å². The highest BCUT2D eigenvalue weighted by Crippen LogP contribution is 2.29. The van der Waals surface area contributed by atoms with Crippen molar-refractivity contribution in [3.63, 3.8) is 0 Å². The number of halogens is 1. The van der Waals surface area contributed by atoms with Gasteiger partial charge in [-0.1, -0.05) is 55.3 Å². The first-order valence-corrected chi connectivity index (χ1v) is 12.1. The molecule has 0 amide bonds. The summed E-state index contributed by atoms with van der Waals surface area (Å²) in [6.45, 7) is 0. The van der Waals surface area contributed by atoms with Gasteiger partial charge in [-0.15, -0.1) is 11.8 Å². The second-order valence-electron chi connectivity index (χ2n) is 6.48. The smallest absolute Gasteiger partial charge is 0.0972 e. The Morgan fingerprint density at radius 3 is 2.62 bits per heavy atom. The van der Waals surface area contributed by atoms with Crippen molar-refractivity contribution in [2.45, 2.75) is 37.0 Å². The normalized spacial score (nSPS) is 16.3. The Hall–Kier alpha value is -0.720. The molecule has 0 bridgehead atoms. The van der Waals surface area contributed by atoms with E-state index >= 15 is 0 Å². The van der Waals surface area contributed by atoms with Crippen molar-refractivity contribution in [1.82, 2.24) is 0 Å². The van der Waals surface area contributed by atoms with Crippen LogP contribution in [0.15, 0.2) is 76.0 Å². The number of para-hydroxylation sites is 1. The molecule has 4 heteroatoms. The number of thioether (sulfide) groups is 2. The summed E-state index contributed by atoms with van der Waals surface area (Å²) < 4.78 is 1.27. The summed E-state index contributed by atoms with van der Waals surface area (Å²) in [5.41, 5.74) is 1.03. The third-order valence-electron chi connectivity index (χ3n) is 4.40. The van der Waals surface area contributed by atoms with Crippen LogP contribution in [0.5, 0.6) is 0 Å². The number of rotatable bonds is 6. The molecular formula is C22H24INS2. The van der Waals surface area contributed by atoms with Gasteiger partial charge in [0.05, 0.1) is 10.7 Å². The molecular weight excluding hydrogens is 469 g/mol. The second kappa shape index (κ2) is 11.2. The van der Waals surface area contributed by atoms with Crippen molar-refractivity contribution in [3.05, 3.63) is 69.7 Å². The number of hydrogen-bond donors (Lipinski definition) is 0. The number of benzene rings is 2. The van der Waals surface area contributed by atoms with Gasteiger partial charge >= 0.3 is 0 Å². The van der Waals surface area contributed by atoms with Crippen LogP contribution < -0.4 is 0 Å². The predicted molar refractivity (Wildman–Crippen MR) is 127 cm³/mol. The molecule has 1 nitrogen and oxygen atoms in total. The Balaban J connectivity index is 1.65. The average Bonchev–Trinajstić information content (AvgIpc) is 2.68. The van der Waals surface area contributed by atoms with Gasteiger partial charge in [-0.25, -0.2) is 4.99 Å². The molecule has 0 saturated heterocycles. The number of aliphatic imine (C=N–C) groups is 1. The van der Waals surface area contributed by atoms with Crippen LogP contribution in [0.25, 0.3) is 0 Å². The van der Waals surface area contributed by atoms with E-state index in [9.17, 15) is 0 Å². The molecule has 0 aromatic heterocycles. The molecule has 3 rings (SSSR count). The van der Waals surface area contributed by atoms with Crippen molar-refractivity contribution >= 4 is 56.8 Å². The summed E-state index contributed by atoms with van der Waals surface area (Å²) in [7, 11) is 0. The van der Waals surface area contributed by atoms with E-state index in [0.717, 1.165) is 16.6 Å². The first-order chi connectivity index (χ1) is 12.8. The van der Waals surface area contributed by atoms with E-state index in [4.69, 9.17) is 4.99 Å². The van der Waals surface area contributed by atoms with E-state index in [-0.39, 0.29) is 0 Å². The largest absolute Gasteiger partial charge is 0.242 e. The van der Waals surface area contributed by atoms with Gasteiger partial charge in [-0.2, -0.15) is 0 Å². The minimum absolute atomic E-state index is 0.853. The lowest BCUT2D eigenvalue weighted by Gasteiger charge is -2.20. The van der Waals surface area contributed by atoms with Crippen molar-refractivity contribution < 1.29 is 0 Å². The molecule has 0 radical (unpaired) electrons. The molecule has 136 valence electrons. The second-order valence-corrected chi connectivity index (χ2v) is 9.74. The lowest BCUT2D eigenvalue weighted by Crippen LogP contribution is -2.09. The third kappa shape index (κ3) is 7.12. The van der Waals surface area contributed by atoms with Gasteiger partial charge < -0.3 is 0 Å². The summed E-state index contributed by atoms with van der Waals surface area (Å²) in [6.07, 6.45) is 9.14. The molecule has 26 heavy (non-hydrogen) atoms.